The molecule has 0 aromatic carbocycles. The molecule has 0 aliphatic heterocycles. The third kappa shape index (κ3) is 151. The van der Waals surface area contributed by atoms with Crippen molar-refractivity contribution in [3.8, 4) is 0 Å². The Morgan fingerprint density at radius 2 is 0.271 bits per heavy atom. The van der Waals surface area contributed by atoms with Gasteiger partial charge in [0.25, 0.3) is 0 Å². The molecule has 0 bridgehead atoms. The van der Waals surface area contributed by atoms with E-state index in [1.807, 2.05) is 0 Å². The van der Waals surface area contributed by atoms with Crippen LogP contribution >= 0.6 is 0 Å². The molecule has 0 aliphatic rings. The predicted octanol–water partition coefficient (Wildman–Crippen LogP) is 42.0. The first-order valence-corrected chi connectivity index (χ1v) is 51.2. The quantitative estimate of drug-likeness (QED) is 0.0533. The highest BCUT2D eigenvalue weighted by Gasteiger charge is 2.09. The van der Waals surface area contributed by atoms with Crippen LogP contribution in [0.3, 0.4) is 0 Å². The fraction of sp³-hybridized carbons (Fsp3) is 1.00. The van der Waals surface area contributed by atoms with E-state index in [1.165, 1.54) is 430 Å². The van der Waals surface area contributed by atoms with Gasteiger partial charge < -0.3 is 0 Å². The summed E-state index contributed by atoms with van der Waals surface area (Å²) in [6, 6.07) is 0. The van der Waals surface area contributed by atoms with Gasteiger partial charge in [0.1, 0.15) is 0 Å². The van der Waals surface area contributed by atoms with E-state index in [9.17, 15) is 0 Å². The Bertz CT molecular complexity index is 1340. The second-order valence-corrected chi connectivity index (χ2v) is 39.5. The van der Waals surface area contributed by atoms with Gasteiger partial charge in [-0.25, -0.2) is 0 Å². The van der Waals surface area contributed by atoms with Crippen LogP contribution < -0.4 is 0 Å². The van der Waals surface area contributed by atoms with E-state index >= 15 is 0 Å². The van der Waals surface area contributed by atoms with E-state index in [0.717, 1.165) is 71.0 Å². The Hall–Kier alpha value is 0. The second kappa shape index (κ2) is 110. The van der Waals surface area contributed by atoms with Crippen LogP contribution in [0.1, 0.15) is 624 Å². The van der Waals surface area contributed by atoms with Crippen LogP contribution in [-0.4, -0.2) is 0 Å². The summed E-state index contributed by atoms with van der Waals surface area (Å²) in [6.45, 7) is 64.8. The summed E-state index contributed by atoms with van der Waals surface area (Å²) >= 11 is 0. The molecule has 0 heterocycles. The van der Waals surface area contributed by atoms with E-state index in [4.69, 9.17) is 0 Å². The van der Waals surface area contributed by atoms with Crippen molar-refractivity contribution in [2.24, 2.45) is 71.0 Å². The van der Waals surface area contributed by atoms with Crippen LogP contribution in [0.5, 0.6) is 0 Å². The maximum atomic E-state index is 2.38. The van der Waals surface area contributed by atoms with Gasteiger partial charge >= 0.3 is 0 Å². The molecule has 658 valence electrons. The minimum Gasteiger partial charge on any atom is -0.0654 e. The molecule has 0 radical (unpaired) electrons. The monoisotopic (exact) mass is 1520 g/mol. The summed E-state index contributed by atoms with van der Waals surface area (Å²) < 4.78 is 0. The zero-order chi connectivity index (χ0) is 82.3. The molecule has 0 heteroatoms. The summed E-state index contributed by atoms with van der Waals surface area (Å²) in [6.07, 6.45) is 96.8. The van der Waals surface area contributed by atoms with Gasteiger partial charge in [-0.3, -0.25) is 0 Å². The summed E-state index contributed by atoms with van der Waals surface area (Å²) in [5, 5.41) is 0. The van der Waals surface area contributed by atoms with Crippen LogP contribution in [0, 0.1) is 71.0 Å². The molecule has 0 saturated carbocycles. The number of hydrogen-bond acceptors (Lipinski definition) is 0. The van der Waals surface area contributed by atoms with Crippen molar-refractivity contribution in [3.05, 3.63) is 0 Å². The van der Waals surface area contributed by atoms with Crippen LogP contribution in [0.2, 0.25) is 0 Å². The highest BCUT2D eigenvalue weighted by molar-refractivity contribution is 4.61. The van der Waals surface area contributed by atoms with Gasteiger partial charge in [-0.15, -0.1) is 0 Å². The van der Waals surface area contributed by atoms with E-state index in [0.29, 0.717) is 0 Å². The van der Waals surface area contributed by atoms with Gasteiger partial charge in [-0.2, -0.15) is 0 Å². The van der Waals surface area contributed by atoms with Gasteiger partial charge in [0.2, 0.25) is 0 Å². The highest BCUT2D eigenvalue weighted by Crippen LogP contribution is 2.23. The molecule has 0 aromatic heterocycles. The Balaban J connectivity index is -0.000000176. The molecule has 2 unspecified atom stereocenters. The lowest BCUT2D eigenvalue weighted by Crippen LogP contribution is -2.03. The Labute approximate surface area is 690 Å². The van der Waals surface area contributed by atoms with Crippen molar-refractivity contribution in [2.45, 2.75) is 624 Å². The van der Waals surface area contributed by atoms with E-state index in [2.05, 4.69) is 194 Å². The Kier molecular flexibility index (Phi) is 126. The fourth-order valence-corrected chi connectivity index (χ4v) is 14.1. The van der Waals surface area contributed by atoms with Gasteiger partial charge in [0, 0.05) is 0 Å². The van der Waals surface area contributed by atoms with Crippen molar-refractivity contribution in [2.75, 3.05) is 0 Å². The first kappa shape index (κ1) is 123. The van der Waals surface area contributed by atoms with Crippen molar-refractivity contribution < 1.29 is 0 Å². The normalized spacial score (nSPS) is 11.8. The maximum absolute atomic E-state index is 2.38. The molecule has 0 amide bonds. The smallest absolute Gasteiger partial charge is 0.0414 e. The van der Waals surface area contributed by atoms with Crippen LogP contribution in [-0.2, 0) is 0 Å². The number of rotatable bonds is 71. The molecule has 0 spiro atoms. The summed E-state index contributed by atoms with van der Waals surface area (Å²) in [5.74, 6) is 10.9. The zero-order valence-electron chi connectivity index (χ0n) is 82.3. The van der Waals surface area contributed by atoms with Crippen LogP contribution in [0.15, 0.2) is 0 Å². The average Bonchev–Trinajstić information content (AvgIpc) is 1.16. The minimum atomic E-state index is 0.871. The first-order valence-electron chi connectivity index (χ1n) is 51.2. The SMILES string of the molecule is CC(C)CCCCCC(C)C.CC(C)CCCCCCCC(C)C.CCCCC(CC)CC(C)C.CCCCCCCC(C)C(C)C.CCCCCCCCC(C)C.CCCCCCCCCCC(C)C.CCCCCCCCCCCCC(C)C.CCCCCCCCCCCCCCCCCCC(C)C. The molecular weight excluding hydrogens is 1290 g/mol. The van der Waals surface area contributed by atoms with Crippen molar-refractivity contribution >= 4 is 0 Å². The average molecular weight is 1520 g/mol. The fourth-order valence-electron chi connectivity index (χ4n) is 14.1. The van der Waals surface area contributed by atoms with E-state index in [1.54, 1.807) is 0 Å². The zero-order valence-corrected chi connectivity index (χ0v) is 82.3. The van der Waals surface area contributed by atoms with E-state index in [-0.39, 0.29) is 0 Å². The molecule has 0 saturated heterocycles. The topological polar surface area (TPSA) is 0 Å². The Morgan fingerprint density at radius 1 is 0.131 bits per heavy atom. The Morgan fingerprint density at radius 3 is 0.402 bits per heavy atom. The van der Waals surface area contributed by atoms with Crippen molar-refractivity contribution in [1.82, 2.24) is 0 Å². The number of hydrogen-bond donors (Lipinski definition) is 0. The molecule has 2 atom stereocenters. The van der Waals surface area contributed by atoms with Gasteiger partial charge in [-0.05, 0) is 77.4 Å². The molecule has 0 fully saturated rings. The van der Waals surface area contributed by atoms with Crippen molar-refractivity contribution in [3.63, 3.8) is 0 Å². The van der Waals surface area contributed by atoms with Gasteiger partial charge in [-0.1, -0.05) is 618 Å². The van der Waals surface area contributed by atoms with Crippen molar-refractivity contribution in [1.29, 1.82) is 0 Å². The molecule has 0 nitrogen and oxygen atoms in total. The molecular formula is C107H230. The number of unbranched alkanes of at least 4 members (excludes halogenated alkanes) is 47. The highest BCUT2D eigenvalue weighted by atomic mass is 14.1. The van der Waals surface area contributed by atoms with Crippen LogP contribution in [0.25, 0.3) is 0 Å². The van der Waals surface area contributed by atoms with E-state index < -0.39 is 0 Å². The summed E-state index contributed by atoms with van der Waals surface area (Å²) in [7, 11) is 0. The molecule has 0 rings (SSSR count). The molecule has 107 heavy (non-hydrogen) atoms. The standard InChI is InChI=1S/C21H44.C15H32.2C13H28.C12H26.3C11H24/c1-4-5-6-7-8-9-10-11-12-13-14-15-16-17-18-19-20-21(2)3;1-4-5-6-7-8-9-10-11-12-13-14-15(2)3;1-12(2)10-8-6-5-7-9-11-13(3)4;1-4-5-6-7-8-9-10-11-12-13(2)3;1-5-6-7-8-9-10-12(4)11(2)3;1-10(2)8-6-5-7-9-11(3)4;1-5-7-8-11(6-2)9-10(3)4;1-4-5-6-7-8-9-10-11(2)3/h21H,4-20H2,1-3H3;15H,4-14H2,1-3H3;12-13H,5-11H2,1-4H3;13H,4-12H2,1-3H3;11-12H,5-10H2,1-4H3;2*10-11H,5-9H2,1-4H3;11H,4-10H2,1-3H3. The minimum absolute atomic E-state index is 0.871. The van der Waals surface area contributed by atoms with Gasteiger partial charge in [0.15, 0.2) is 0 Å². The largest absolute Gasteiger partial charge is 0.0654 e. The third-order valence-corrected chi connectivity index (χ3v) is 22.4. The van der Waals surface area contributed by atoms with Crippen LogP contribution in [0.4, 0.5) is 0 Å². The summed E-state index contributed by atoms with van der Waals surface area (Å²) in [4.78, 5) is 0. The third-order valence-electron chi connectivity index (χ3n) is 22.4. The lowest BCUT2D eigenvalue weighted by atomic mass is 9.90. The lowest BCUT2D eigenvalue weighted by Gasteiger charge is -2.16. The second-order valence-electron chi connectivity index (χ2n) is 39.5. The molecule has 0 aromatic rings. The van der Waals surface area contributed by atoms with Gasteiger partial charge in [0.05, 0.1) is 0 Å². The maximum Gasteiger partial charge on any atom is -0.0414 e. The molecule has 0 N–H and O–H groups in total. The first-order chi connectivity index (χ1) is 51.2. The predicted molar refractivity (Wildman–Crippen MR) is 510 cm³/mol. The lowest BCUT2D eigenvalue weighted by molar-refractivity contribution is 0.366. The summed E-state index contributed by atoms with van der Waals surface area (Å²) in [5.41, 5.74) is 0. The molecule has 0 aliphatic carbocycles.